The summed E-state index contributed by atoms with van der Waals surface area (Å²) in [6, 6.07) is 0. The zero-order valence-electron chi connectivity index (χ0n) is 20.5. The fourth-order valence-electron chi connectivity index (χ4n) is 4.77. The lowest BCUT2D eigenvalue weighted by molar-refractivity contribution is 0.260. The summed E-state index contributed by atoms with van der Waals surface area (Å²) in [5.41, 5.74) is 5.86. The highest BCUT2D eigenvalue weighted by Crippen LogP contribution is 2.38. The van der Waals surface area contributed by atoms with E-state index < -0.39 is 0 Å². The van der Waals surface area contributed by atoms with Crippen LogP contribution in [0.2, 0.25) is 0 Å². The van der Waals surface area contributed by atoms with Gasteiger partial charge < -0.3 is 5.73 Å². The van der Waals surface area contributed by atoms with E-state index in [4.69, 9.17) is 5.73 Å². The van der Waals surface area contributed by atoms with Crippen LogP contribution in [0.25, 0.3) is 0 Å². The summed E-state index contributed by atoms with van der Waals surface area (Å²) in [5.74, 6) is 0. The minimum absolute atomic E-state index is 0.329. The average Bonchev–Trinajstić information content (AvgIpc) is 2.73. The van der Waals surface area contributed by atoms with Crippen molar-refractivity contribution < 1.29 is 0 Å². The first-order valence-corrected chi connectivity index (χ1v) is 13.3. The average molecular weight is 418 g/mol. The molecular formula is C29H55N. The molecule has 2 N–H and O–H groups in total. The molecule has 0 radical (unpaired) electrons. The second kappa shape index (κ2) is 22.9. The summed E-state index contributed by atoms with van der Waals surface area (Å²) in [5, 5.41) is 0. The summed E-state index contributed by atoms with van der Waals surface area (Å²) in [4.78, 5) is 0. The van der Waals surface area contributed by atoms with Crippen molar-refractivity contribution >= 4 is 0 Å². The number of unbranched alkanes of at least 4 members (excludes halogenated alkanes) is 16. The second-order valence-electron chi connectivity index (χ2n) is 9.53. The number of allylic oxidation sites excluding steroid dienone is 3. The zero-order chi connectivity index (χ0) is 22.2. The molecular weight excluding hydrogens is 362 g/mol. The SMILES string of the molecule is C=CCC(CC=C)(CC=C)CCCCCCCCCCCCCCCCCCCN. The Kier molecular flexibility index (Phi) is 22.2. The van der Waals surface area contributed by atoms with Crippen LogP contribution in [0.4, 0.5) is 0 Å². The van der Waals surface area contributed by atoms with E-state index in [-0.39, 0.29) is 0 Å². The fourth-order valence-corrected chi connectivity index (χ4v) is 4.77. The van der Waals surface area contributed by atoms with Gasteiger partial charge in [-0.15, -0.1) is 19.7 Å². The van der Waals surface area contributed by atoms with E-state index in [0.717, 1.165) is 25.8 Å². The lowest BCUT2D eigenvalue weighted by Gasteiger charge is -2.31. The number of hydrogen-bond donors (Lipinski definition) is 1. The van der Waals surface area contributed by atoms with Crippen molar-refractivity contribution in [2.24, 2.45) is 11.1 Å². The largest absolute Gasteiger partial charge is 0.330 e. The van der Waals surface area contributed by atoms with E-state index in [2.05, 4.69) is 38.0 Å². The summed E-state index contributed by atoms with van der Waals surface area (Å²) >= 11 is 0. The second-order valence-corrected chi connectivity index (χ2v) is 9.53. The molecule has 0 aliphatic rings. The predicted octanol–water partition coefficient (Wildman–Crippen LogP) is 9.68. The van der Waals surface area contributed by atoms with Crippen LogP contribution in [-0.4, -0.2) is 6.54 Å². The molecule has 0 bridgehead atoms. The van der Waals surface area contributed by atoms with Gasteiger partial charge in [-0.1, -0.05) is 121 Å². The molecule has 0 aliphatic carbocycles. The van der Waals surface area contributed by atoms with E-state index in [1.54, 1.807) is 0 Å². The van der Waals surface area contributed by atoms with Crippen LogP contribution in [0, 0.1) is 5.41 Å². The first-order valence-electron chi connectivity index (χ1n) is 13.3. The molecule has 0 saturated heterocycles. The van der Waals surface area contributed by atoms with Crippen molar-refractivity contribution in [3.05, 3.63) is 38.0 Å². The molecule has 0 aromatic carbocycles. The van der Waals surface area contributed by atoms with E-state index in [1.165, 1.54) is 116 Å². The third-order valence-corrected chi connectivity index (χ3v) is 6.64. The van der Waals surface area contributed by atoms with Gasteiger partial charge in [0.15, 0.2) is 0 Å². The Hall–Kier alpha value is -0.820. The Morgan fingerprint density at radius 2 is 0.700 bits per heavy atom. The Bertz CT molecular complexity index is 357. The quantitative estimate of drug-likeness (QED) is 0.116. The van der Waals surface area contributed by atoms with Crippen LogP contribution < -0.4 is 5.73 Å². The fraction of sp³-hybridized carbons (Fsp3) is 0.793. The normalized spacial score (nSPS) is 11.5. The van der Waals surface area contributed by atoms with Gasteiger partial charge in [-0.05, 0) is 44.1 Å². The van der Waals surface area contributed by atoms with Gasteiger partial charge in [0.25, 0.3) is 0 Å². The number of hydrogen-bond acceptors (Lipinski definition) is 1. The lowest BCUT2D eigenvalue weighted by atomic mass is 9.74. The van der Waals surface area contributed by atoms with Gasteiger partial charge in [0, 0.05) is 0 Å². The van der Waals surface area contributed by atoms with Gasteiger partial charge in [-0.25, -0.2) is 0 Å². The summed E-state index contributed by atoms with van der Waals surface area (Å²) in [6.07, 6.45) is 34.6. The van der Waals surface area contributed by atoms with Crippen LogP contribution >= 0.6 is 0 Å². The summed E-state index contributed by atoms with van der Waals surface area (Å²) in [6.45, 7) is 12.8. The van der Waals surface area contributed by atoms with Crippen molar-refractivity contribution in [3.8, 4) is 0 Å². The molecule has 0 spiro atoms. The smallest absolute Gasteiger partial charge is 0.00773 e. The molecule has 0 aliphatic heterocycles. The van der Waals surface area contributed by atoms with Crippen LogP contribution in [0.3, 0.4) is 0 Å². The zero-order valence-corrected chi connectivity index (χ0v) is 20.5. The molecule has 0 aromatic rings. The van der Waals surface area contributed by atoms with E-state index in [0.29, 0.717) is 5.41 Å². The third kappa shape index (κ3) is 18.0. The molecule has 0 rings (SSSR count). The maximum Gasteiger partial charge on any atom is -0.00773 e. The predicted molar refractivity (Wildman–Crippen MR) is 139 cm³/mol. The maximum atomic E-state index is 5.53. The highest BCUT2D eigenvalue weighted by Gasteiger charge is 2.25. The van der Waals surface area contributed by atoms with Crippen molar-refractivity contribution in [2.45, 2.75) is 135 Å². The summed E-state index contributed by atoms with van der Waals surface area (Å²) in [7, 11) is 0. The first kappa shape index (κ1) is 29.2. The topological polar surface area (TPSA) is 26.0 Å². The van der Waals surface area contributed by atoms with Crippen LogP contribution in [-0.2, 0) is 0 Å². The highest BCUT2D eigenvalue weighted by atomic mass is 14.5. The molecule has 176 valence electrons. The van der Waals surface area contributed by atoms with Crippen LogP contribution in [0.5, 0.6) is 0 Å². The standard InChI is InChI=1S/C29H55N/c1-4-24-29(25-5-2,26-6-3)27-22-20-18-16-14-12-10-8-7-9-11-13-15-17-19-21-23-28-30/h4-6H,1-3,7-28,30H2. The number of nitrogens with two attached hydrogens (primary N) is 1. The van der Waals surface area contributed by atoms with Crippen LogP contribution in [0.15, 0.2) is 38.0 Å². The van der Waals surface area contributed by atoms with E-state index in [9.17, 15) is 0 Å². The Morgan fingerprint density at radius 3 is 0.967 bits per heavy atom. The van der Waals surface area contributed by atoms with Gasteiger partial charge in [-0.2, -0.15) is 0 Å². The molecule has 0 unspecified atom stereocenters. The minimum atomic E-state index is 0.329. The molecule has 1 nitrogen and oxygen atoms in total. The van der Waals surface area contributed by atoms with E-state index >= 15 is 0 Å². The molecule has 0 fully saturated rings. The van der Waals surface area contributed by atoms with Crippen molar-refractivity contribution in [1.29, 1.82) is 0 Å². The lowest BCUT2D eigenvalue weighted by Crippen LogP contribution is -2.18. The number of rotatable bonds is 25. The highest BCUT2D eigenvalue weighted by molar-refractivity contribution is 4.95. The molecule has 1 heteroatoms. The third-order valence-electron chi connectivity index (χ3n) is 6.64. The van der Waals surface area contributed by atoms with Crippen molar-refractivity contribution in [3.63, 3.8) is 0 Å². The van der Waals surface area contributed by atoms with Gasteiger partial charge in [-0.3, -0.25) is 0 Å². The maximum absolute atomic E-state index is 5.53. The minimum Gasteiger partial charge on any atom is -0.330 e. The molecule has 0 heterocycles. The van der Waals surface area contributed by atoms with Crippen molar-refractivity contribution in [1.82, 2.24) is 0 Å². The van der Waals surface area contributed by atoms with Gasteiger partial charge in [0.05, 0.1) is 0 Å². The monoisotopic (exact) mass is 417 g/mol. The first-order chi connectivity index (χ1) is 14.7. The van der Waals surface area contributed by atoms with Crippen LogP contribution in [0.1, 0.15) is 135 Å². The Morgan fingerprint density at radius 1 is 0.433 bits per heavy atom. The Labute approximate surface area is 190 Å². The van der Waals surface area contributed by atoms with Gasteiger partial charge in [0.2, 0.25) is 0 Å². The van der Waals surface area contributed by atoms with Crippen molar-refractivity contribution in [2.75, 3.05) is 6.54 Å². The molecule has 30 heavy (non-hydrogen) atoms. The Balaban J connectivity index is 3.44. The summed E-state index contributed by atoms with van der Waals surface area (Å²) < 4.78 is 0. The molecule has 0 amide bonds. The molecule has 0 atom stereocenters. The van der Waals surface area contributed by atoms with Gasteiger partial charge >= 0.3 is 0 Å². The van der Waals surface area contributed by atoms with Gasteiger partial charge in [0.1, 0.15) is 0 Å². The molecule has 0 saturated carbocycles. The van der Waals surface area contributed by atoms with E-state index in [1.807, 2.05) is 0 Å². The molecule has 0 aromatic heterocycles.